The number of hydrogen-bond donors (Lipinski definition) is 1. The molecule has 4 rings (SSSR count). The van der Waals surface area contributed by atoms with Crippen molar-refractivity contribution in [1.29, 1.82) is 0 Å². The Bertz CT molecular complexity index is 833. The smallest absolute Gasteiger partial charge is 0.317 e. The predicted molar refractivity (Wildman–Crippen MR) is 99.8 cm³/mol. The number of piperidine rings is 1. The van der Waals surface area contributed by atoms with Gasteiger partial charge in [-0.1, -0.05) is 11.2 Å². The highest BCUT2D eigenvalue weighted by Gasteiger charge is 2.28. The number of methoxy groups -OCH3 is 1. The number of hydrogen-bond acceptors (Lipinski definition) is 5. The SMILES string of the molecule is COc1cc2c(cc1CNC(=O)N1CCCC(c3noc(C)n3)C1)CCC2. The minimum absolute atomic E-state index is 0.0533. The fourth-order valence-electron chi connectivity index (χ4n) is 4.12. The predicted octanol–water partition coefficient (Wildman–Crippen LogP) is 2.96. The summed E-state index contributed by atoms with van der Waals surface area (Å²) in [5, 5.41) is 7.08. The third kappa shape index (κ3) is 3.77. The summed E-state index contributed by atoms with van der Waals surface area (Å²) < 4.78 is 10.6. The van der Waals surface area contributed by atoms with Gasteiger partial charge in [0.2, 0.25) is 5.89 Å². The fraction of sp³-hybridized carbons (Fsp3) is 0.550. The normalized spacial score (nSPS) is 19.0. The molecule has 7 heteroatoms. The molecule has 0 bridgehead atoms. The molecule has 2 aliphatic rings. The van der Waals surface area contributed by atoms with E-state index in [-0.39, 0.29) is 11.9 Å². The molecule has 1 N–H and O–H groups in total. The zero-order valence-corrected chi connectivity index (χ0v) is 16.0. The summed E-state index contributed by atoms with van der Waals surface area (Å²) in [4.78, 5) is 18.9. The van der Waals surface area contributed by atoms with Gasteiger partial charge in [-0.3, -0.25) is 0 Å². The first-order chi connectivity index (χ1) is 13.1. The van der Waals surface area contributed by atoms with Crippen LogP contribution in [0.3, 0.4) is 0 Å². The first-order valence-corrected chi connectivity index (χ1v) is 9.65. The number of fused-ring (bicyclic) bond motifs is 1. The summed E-state index contributed by atoms with van der Waals surface area (Å²) in [6.45, 7) is 3.62. The number of aromatic nitrogens is 2. The van der Waals surface area contributed by atoms with Crippen LogP contribution in [-0.2, 0) is 19.4 Å². The quantitative estimate of drug-likeness (QED) is 0.895. The molecule has 2 amide bonds. The largest absolute Gasteiger partial charge is 0.496 e. The van der Waals surface area contributed by atoms with Crippen molar-refractivity contribution in [2.75, 3.05) is 20.2 Å². The number of carbonyl (C=O) groups excluding carboxylic acids is 1. The van der Waals surface area contributed by atoms with Crippen LogP contribution in [0.15, 0.2) is 16.7 Å². The van der Waals surface area contributed by atoms with E-state index in [1.165, 1.54) is 17.5 Å². The van der Waals surface area contributed by atoms with Crippen molar-refractivity contribution < 1.29 is 14.1 Å². The second-order valence-corrected chi connectivity index (χ2v) is 7.40. The molecule has 1 aliphatic heterocycles. The molecule has 1 atom stereocenters. The molecule has 1 unspecified atom stereocenters. The van der Waals surface area contributed by atoms with Gasteiger partial charge in [-0.2, -0.15) is 4.98 Å². The van der Waals surface area contributed by atoms with Gasteiger partial charge >= 0.3 is 6.03 Å². The Labute approximate surface area is 159 Å². The van der Waals surface area contributed by atoms with Crippen LogP contribution in [0.2, 0.25) is 0 Å². The molecule has 144 valence electrons. The van der Waals surface area contributed by atoms with E-state index in [9.17, 15) is 4.79 Å². The number of ether oxygens (including phenoxy) is 1. The van der Waals surface area contributed by atoms with Crippen LogP contribution < -0.4 is 10.1 Å². The number of nitrogens with one attached hydrogen (secondary N) is 1. The monoisotopic (exact) mass is 370 g/mol. The van der Waals surface area contributed by atoms with Crippen LogP contribution in [0.5, 0.6) is 5.75 Å². The number of aryl methyl sites for hydroxylation is 3. The van der Waals surface area contributed by atoms with E-state index in [4.69, 9.17) is 9.26 Å². The molecule has 2 aromatic rings. The van der Waals surface area contributed by atoms with E-state index >= 15 is 0 Å². The Morgan fingerprint density at radius 1 is 1.33 bits per heavy atom. The van der Waals surface area contributed by atoms with Crippen molar-refractivity contribution in [2.24, 2.45) is 0 Å². The van der Waals surface area contributed by atoms with Crippen LogP contribution >= 0.6 is 0 Å². The molecule has 0 saturated carbocycles. The maximum atomic E-state index is 12.7. The third-order valence-corrected chi connectivity index (χ3v) is 5.54. The Morgan fingerprint density at radius 2 is 2.15 bits per heavy atom. The average Bonchev–Trinajstić information content (AvgIpc) is 3.33. The Morgan fingerprint density at radius 3 is 2.89 bits per heavy atom. The van der Waals surface area contributed by atoms with Crippen LogP contribution in [0.1, 0.15) is 53.6 Å². The maximum absolute atomic E-state index is 12.7. The Kier molecular flexibility index (Phi) is 5.01. The van der Waals surface area contributed by atoms with Crippen LogP contribution in [0.25, 0.3) is 0 Å². The van der Waals surface area contributed by atoms with Gasteiger partial charge in [0.1, 0.15) is 5.75 Å². The van der Waals surface area contributed by atoms with Crippen molar-refractivity contribution in [1.82, 2.24) is 20.4 Å². The van der Waals surface area contributed by atoms with Gasteiger partial charge in [-0.15, -0.1) is 0 Å². The topological polar surface area (TPSA) is 80.5 Å². The summed E-state index contributed by atoms with van der Waals surface area (Å²) >= 11 is 0. The van der Waals surface area contributed by atoms with Gasteiger partial charge in [-0.05, 0) is 49.3 Å². The summed E-state index contributed by atoms with van der Waals surface area (Å²) in [6.07, 6.45) is 5.33. The molecule has 0 radical (unpaired) electrons. The molecule has 2 heterocycles. The average molecular weight is 370 g/mol. The number of nitrogens with zero attached hydrogens (tertiary/aromatic N) is 3. The molecule has 1 fully saturated rings. The van der Waals surface area contributed by atoms with E-state index in [1.54, 1.807) is 14.0 Å². The lowest BCUT2D eigenvalue weighted by Crippen LogP contribution is -2.44. The number of benzene rings is 1. The Balaban J connectivity index is 1.39. The van der Waals surface area contributed by atoms with Gasteiger partial charge < -0.3 is 19.5 Å². The Hall–Kier alpha value is -2.57. The van der Waals surface area contributed by atoms with Crippen molar-refractivity contribution >= 4 is 6.03 Å². The summed E-state index contributed by atoms with van der Waals surface area (Å²) in [7, 11) is 1.68. The highest BCUT2D eigenvalue weighted by Crippen LogP contribution is 2.30. The summed E-state index contributed by atoms with van der Waals surface area (Å²) in [5.74, 6) is 2.26. The molecule has 1 saturated heterocycles. The molecular weight excluding hydrogens is 344 g/mol. The number of urea groups is 1. The van der Waals surface area contributed by atoms with Crippen LogP contribution in [-0.4, -0.2) is 41.3 Å². The molecular formula is C20H26N4O3. The second-order valence-electron chi connectivity index (χ2n) is 7.40. The number of carbonyl (C=O) groups is 1. The number of amides is 2. The summed E-state index contributed by atoms with van der Waals surface area (Å²) in [5.41, 5.74) is 3.79. The van der Waals surface area contributed by atoms with Gasteiger partial charge in [-0.25, -0.2) is 4.79 Å². The highest BCUT2D eigenvalue weighted by atomic mass is 16.5. The standard InChI is InChI=1S/C20H26N4O3/c1-13-22-19(23-27-13)16-7-4-8-24(12-16)20(25)21-11-17-9-14-5-3-6-15(14)10-18(17)26-2/h9-10,16H,3-8,11-12H2,1-2H3,(H,21,25). The zero-order chi connectivity index (χ0) is 18.8. The van der Waals surface area contributed by atoms with E-state index < -0.39 is 0 Å². The highest BCUT2D eigenvalue weighted by molar-refractivity contribution is 5.74. The molecule has 0 spiro atoms. The number of likely N-dealkylation sites (tertiary alicyclic amines) is 1. The molecule has 1 aromatic heterocycles. The van der Waals surface area contributed by atoms with E-state index in [2.05, 4.69) is 27.6 Å². The molecule has 1 aliphatic carbocycles. The lowest BCUT2D eigenvalue weighted by Gasteiger charge is -2.31. The van der Waals surface area contributed by atoms with Gasteiger partial charge in [0.25, 0.3) is 0 Å². The van der Waals surface area contributed by atoms with Crippen molar-refractivity contribution in [3.63, 3.8) is 0 Å². The van der Waals surface area contributed by atoms with Crippen molar-refractivity contribution in [3.8, 4) is 5.75 Å². The van der Waals surface area contributed by atoms with Crippen molar-refractivity contribution in [2.45, 2.75) is 51.5 Å². The van der Waals surface area contributed by atoms with Gasteiger partial charge in [0.05, 0.1) is 7.11 Å². The zero-order valence-electron chi connectivity index (χ0n) is 16.0. The third-order valence-electron chi connectivity index (χ3n) is 5.54. The molecule has 1 aromatic carbocycles. The lowest BCUT2D eigenvalue weighted by atomic mass is 9.97. The van der Waals surface area contributed by atoms with Gasteiger partial charge in [0, 0.05) is 38.0 Å². The second kappa shape index (κ2) is 7.58. The summed E-state index contributed by atoms with van der Waals surface area (Å²) in [6, 6.07) is 4.25. The van der Waals surface area contributed by atoms with Gasteiger partial charge in [0.15, 0.2) is 5.82 Å². The first-order valence-electron chi connectivity index (χ1n) is 9.65. The minimum Gasteiger partial charge on any atom is -0.496 e. The van der Waals surface area contributed by atoms with E-state index in [0.717, 1.165) is 43.5 Å². The minimum atomic E-state index is -0.0533. The lowest BCUT2D eigenvalue weighted by molar-refractivity contribution is 0.177. The molecule has 27 heavy (non-hydrogen) atoms. The fourth-order valence-corrected chi connectivity index (χ4v) is 4.12. The van der Waals surface area contributed by atoms with E-state index in [1.807, 2.05) is 4.90 Å². The van der Waals surface area contributed by atoms with Crippen LogP contribution in [0, 0.1) is 6.92 Å². The van der Waals surface area contributed by atoms with Crippen molar-refractivity contribution in [3.05, 3.63) is 40.5 Å². The van der Waals surface area contributed by atoms with Crippen LogP contribution in [0.4, 0.5) is 4.79 Å². The van der Waals surface area contributed by atoms with E-state index in [0.29, 0.717) is 24.8 Å². The number of rotatable bonds is 4. The first kappa shape index (κ1) is 17.8. The maximum Gasteiger partial charge on any atom is 0.317 e. The molecule has 7 nitrogen and oxygen atoms in total.